The molecule has 2 aromatic carbocycles. The van der Waals surface area contributed by atoms with Crippen molar-refractivity contribution in [2.45, 2.75) is 13.3 Å². The molecule has 4 nitrogen and oxygen atoms in total. The van der Waals surface area contributed by atoms with E-state index in [2.05, 4.69) is 10.2 Å². The third-order valence-corrected chi connectivity index (χ3v) is 3.56. The van der Waals surface area contributed by atoms with Gasteiger partial charge < -0.3 is 15.0 Å². The minimum Gasteiger partial charge on any atom is -0.492 e. The third-order valence-electron chi connectivity index (χ3n) is 3.56. The predicted molar refractivity (Wildman–Crippen MR) is 94.0 cm³/mol. The summed E-state index contributed by atoms with van der Waals surface area (Å²) in [6, 6.07) is 15.4. The fourth-order valence-electron chi connectivity index (χ4n) is 2.17. The Labute approximate surface area is 138 Å². The smallest absolute Gasteiger partial charge is 0.228 e. The second-order valence-electron chi connectivity index (χ2n) is 5.83. The van der Waals surface area contributed by atoms with Crippen LogP contribution in [0.4, 0.5) is 5.69 Å². The molecule has 1 N–H and O–H groups in total. The van der Waals surface area contributed by atoms with Crippen LogP contribution in [0.5, 0.6) is 5.75 Å². The Morgan fingerprint density at radius 3 is 2.43 bits per heavy atom. The number of ether oxygens (including phenoxy) is 1. The van der Waals surface area contributed by atoms with E-state index in [1.54, 1.807) is 0 Å². The van der Waals surface area contributed by atoms with E-state index in [1.807, 2.05) is 69.6 Å². The average molecular weight is 312 g/mol. The first-order valence-corrected chi connectivity index (χ1v) is 7.76. The van der Waals surface area contributed by atoms with Crippen molar-refractivity contribution < 1.29 is 9.53 Å². The van der Waals surface area contributed by atoms with E-state index in [4.69, 9.17) is 4.74 Å². The largest absolute Gasteiger partial charge is 0.492 e. The topological polar surface area (TPSA) is 41.6 Å². The maximum atomic E-state index is 12.1. The molecule has 0 aliphatic carbocycles. The van der Waals surface area contributed by atoms with Crippen LogP contribution in [0, 0.1) is 6.92 Å². The molecule has 0 heterocycles. The molecular formula is C19H24N2O2. The second kappa shape index (κ2) is 8.34. The summed E-state index contributed by atoms with van der Waals surface area (Å²) in [5, 5.41) is 2.92. The number of carbonyl (C=O) groups is 1. The van der Waals surface area contributed by atoms with E-state index in [0.717, 1.165) is 29.1 Å². The highest BCUT2D eigenvalue weighted by Gasteiger charge is 2.06. The molecule has 0 aliphatic rings. The number of carbonyl (C=O) groups excluding carboxylic acids is 1. The number of nitrogens with zero attached hydrogens (tertiary/aromatic N) is 1. The van der Waals surface area contributed by atoms with Gasteiger partial charge in [0.25, 0.3) is 0 Å². The second-order valence-corrected chi connectivity index (χ2v) is 5.83. The monoisotopic (exact) mass is 312 g/mol. The molecule has 0 aliphatic heterocycles. The lowest BCUT2D eigenvalue weighted by atomic mass is 10.1. The van der Waals surface area contributed by atoms with Gasteiger partial charge in [0.05, 0.1) is 6.42 Å². The van der Waals surface area contributed by atoms with Crippen LogP contribution in [0.15, 0.2) is 48.5 Å². The maximum Gasteiger partial charge on any atom is 0.228 e. The number of aryl methyl sites for hydroxylation is 1. The van der Waals surface area contributed by atoms with Crippen LogP contribution in [0.1, 0.15) is 11.1 Å². The molecule has 0 aromatic heterocycles. The van der Waals surface area contributed by atoms with Crippen LogP contribution in [0.3, 0.4) is 0 Å². The van der Waals surface area contributed by atoms with Gasteiger partial charge in [0.1, 0.15) is 12.4 Å². The van der Waals surface area contributed by atoms with Gasteiger partial charge in [-0.3, -0.25) is 4.79 Å². The standard InChI is InChI=1S/C19H24N2O2/c1-15-6-4-5-7-16(15)14-19(22)20-17-8-10-18(11-9-17)23-13-12-21(2)3/h4-11H,12-14H2,1-3H3,(H,20,22). The molecule has 23 heavy (non-hydrogen) atoms. The molecule has 2 rings (SSSR count). The summed E-state index contributed by atoms with van der Waals surface area (Å²) < 4.78 is 5.63. The molecule has 0 saturated heterocycles. The Morgan fingerprint density at radius 1 is 1.09 bits per heavy atom. The van der Waals surface area contributed by atoms with Gasteiger partial charge in [0.2, 0.25) is 5.91 Å². The molecule has 4 heteroatoms. The Hall–Kier alpha value is -2.33. The van der Waals surface area contributed by atoms with Gasteiger partial charge in [0.15, 0.2) is 0 Å². The Bertz CT molecular complexity index is 636. The van der Waals surface area contributed by atoms with Gasteiger partial charge in [-0.25, -0.2) is 0 Å². The minimum absolute atomic E-state index is 0.0134. The van der Waals surface area contributed by atoms with Crippen molar-refractivity contribution >= 4 is 11.6 Å². The lowest BCUT2D eigenvalue weighted by Gasteiger charge is -2.11. The van der Waals surface area contributed by atoms with Crippen LogP contribution >= 0.6 is 0 Å². The van der Waals surface area contributed by atoms with Crippen molar-refractivity contribution in [3.8, 4) is 5.75 Å². The first-order chi connectivity index (χ1) is 11.0. The summed E-state index contributed by atoms with van der Waals surface area (Å²) in [5.41, 5.74) is 2.96. The lowest BCUT2D eigenvalue weighted by Crippen LogP contribution is -2.19. The quantitative estimate of drug-likeness (QED) is 0.854. The highest BCUT2D eigenvalue weighted by Crippen LogP contribution is 2.16. The van der Waals surface area contributed by atoms with Crippen LogP contribution in [-0.4, -0.2) is 38.1 Å². The van der Waals surface area contributed by atoms with Gasteiger partial charge in [-0.15, -0.1) is 0 Å². The Kier molecular flexibility index (Phi) is 6.18. The Balaban J connectivity index is 1.85. The van der Waals surface area contributed by atoms with Crippen LogP contribution in [0.25, 0.3) is 0 Å². The van der Waals surface area contributed by atoms with Gasteiger partial charge >= 0.3 is 0 Å². The van der Waals surface area contributed by atoms with E-state index in [0.29, 0.717) is 13.0 Å². The summed E-state index contributed by atoms with van der Waals surface area (Å²) in [4.78, 5) is 14.2. The van der Waals surface area contributed by atoms with Gasteiger partial charge in [-0.2, -0.15) is 0 Å². The van der Waals surface area contributed by atoms with Gasteiger partial charge in [-0.05, 0) is 56.4 Å². The van der Waals surface area contributed by atoms with Crippen LogP contribution in [0.2, 0.25) is 0 Å². The number of likely N-dealkylation sites (N-methyl/N-ethyl adjacent to an activating group) is 1. The molecule has 0 unspecified atom stereocenters. The van der Waals surface area contributed by atoms with Crippen molar-refractivity contribution in [1.29, 1.82) is 0 Å². The molecule has 0 radical (unpaired) electrons. The van der Waals surface area contributed by atoms with Gasteiger partial charge in [0, 0.05) is 12.2 Å². The SMILES string of the molecule is Cc1ccccc1CC(=O)Nc1ccc(OCCN(C)C)cc1. The molecule has 2 aromatic rings. The van der Waals surface area contributed by atoms with Crippen LogP contribution in [-0.2, 0) is 11.2 Å². The summed E-state index contributed by atoms with van der Waals surface area (Å²) in [5.74, 6) is 0.796. The van der Waals surface area contributed by atoms with E-state index >= 15 is 0 Å². The highest BCUT2D eigenvalue weighted by atomic mass is 16.5. The van der Waals surface area contributed by atoms with E-state index in [9.17, 15) is 4.79 Å². The van der Waals surface area contributed by atoms with E-state index < -0.39 is 0 Å². The first-order valence-electron chi connectivity index (χ1n) is 7.76. The fourth-order valence-corrected chi connectivity index (χ4v) is 2.17. The third kappa shape index (κ3) is 5.75. The van der Waals surface area contributed by atoms with E-state index in [1.165, 1.54) is 0 Å². The zero-order valence-electron chi connectivity index (χ0n) is 14.0. The van der Waals surface area contributed by atoms with Gasteiger partial charge in [-0.1, -0.05) is 24.3 Å². The first kappa shape index (κ1) is 17.0. The summed E-state index contributed by atoms with van der Waals surface area (Å²) in [6.45, 7) is 3.53. The van der Waals surface area contributed by atoms with Crippen molar-refractivity contribution in [3.63, 3.8) is 0 Å². The number of rotatable bonds is 7. The normalized spacial score (nSPS) is 10.6. The van der Waals surface area contributed by atoms with Crippen molar-refractivity contribution in [3.05, 3.63) is 59.7 Å². The zero-order chi connectivity index (χ0) is 16.7. The summed E-state index contributed by atoms with van der Waals surface area (Å²) in [6.07, 6.45) is 0.383. The number of benzene rings is 2. The zero-order valence-corrected chi connectivity index (χ0v) is 14.0. The van der Waals surface area contributed by atoms with Crippen molar-refractivity contribution in [2.24, 2.45) is 0 Å². The number of amides is 1. The average Bonchev–Trinajstić information content (AvgIpc) is 2.51. The summed E-state index contributed by atoms with van der Waals surface area (Å²) in [7, 11) is 4.02. The molecule has 1 amide bonds. The minimum atomic E-state index is -0.0134. The van der Waals surface area contributed by atoms with Crippen molar-refractivity contribution in [1.82, 2.24) is 4.90 Å². The van der Waals surface area contributed by atoms with Crippen LogP contribution < -0.4 is 10.1 Å². The lowest BCUT2D eigenvalue weighted by molar-refractivity contribution is -0.115. The number of anilines is 1. The maximum absolute atomic E-state index is 12.1. The molecular weight excluding hydrogens is 288 g/mol. The number of hydrogen-bond donors (Lipinski definition) is 1. The number of hydrogen-bond acceptors (Lipinski definition) is 3. The molecule has 122 valence electrons. The Morgan fingerprint density at radius 2 is 1.78 bits per heavy atom. The predicted octanol–water partition coefficient (Wildman–Crippen LogP) is 3.12. The molecule has 0 bridgehead atoms. The number of nitrogens with one attached hydrogen (secondary N) is 1. The van der Waals surface area contributed by atoms with Crippen molar-refractivity contribution in [2.75, 3.05) is 32.6 Å². The molecule has 0 saturated carbocycles. The fraction of sp³-hybridized carbons (Fsp3) is 0.316. The molecule has 0 fully saturated rings. The highest BCUT2D eigenvalue weighted by molar-refractivity contribution is 5.92. The molecule has 0 atom stereocenters. The van der Waals surface area contributed by atoms with E-state index in [-0.39, 0.29) is 5.91 Å². The summed E-state index contributed by atoms with van der Waals surface area (Å²) >= 11 is 0. The molecule has 0 spiro atoms.